The number of carbonyl (C=O) groups is 1. The van der Waals surface area contributed by atoms with Gasteiger partial charge in [-0.15, -0.1) is 12.4 Å². The molecule has 1 heterocycles. The minimum atomic E-state index is -0.704. The number of carboxylic acids is 1. The van der Waals surface area contributed by atoms with Crippen molar-refractivity contribution in [1.29, 1.82) is 0 Å². The molecule has 5 heteroatoms. The second-order valence-corrected chi connectivity index (χ2v) is 4.91. The van der Waals surface area contributed by atoms with E-state index in [2.05, 4.69) is 15.9 Å². The summed E-state index contributed by atoms with van der Waals surface area (Å²) < 4.78 is 1.05. The van der Waals surface area contributed by atoms with Crippen molar-refractivity contribution in [3.63, 3.8) is 0 Å². The van der Waals surface area contributed by atoms with Gasteiger partial charge in [-0.2, -0.15) is 0 Å². The van der Waals surface area contributed by atoms with Gasteiger partial charge in [-0.25, -0.2) is 0 Å². The molecule has 0 aromatic heterocycles. The van der Waals surface area contributed by atoms with Crippen molar-refractivity contribution in [3.05, 3.63) is 34.3 Å². The van der Waals surface area contributed by atoms with Crippen LogP contribution in [0.2, 0.25) is 0 Å². The number of hydrogen-bond donors (Lipinski definition) is 1. The van der Waals surface area contributed by atoms with E-state index < -0.39 is 5.97 Å². The van der Waals surface area contributed by atoms with Gasteiger partial charge in [0, 0.05) is 11.0 Å². The first kappa shape index (κ1) is 14.5. The van der Waals surface area contributed by atoms with Crippen molar-refractivity contribution in [2.24, 2.45) is 0 Å². The Bertz CT molecular complexity index is 400. The monoisotopic (exact) mass is 319 g/mol. The highest BCUT2D eigenvalue weighted by Crippen LogP contribution is 2.23. The van der Waals surface area contributed by atoms with Gasteiger partial charge in [0.2, 0.25) is 0 Å². The molecule has 0 radical (unpaired) electrons. The maximum Gasteiger partial charge on any atom is 0.320 e. The summed E-state index contributed by atoms with van der Waals surface area (Å²) in [6, 6.07) is 7.65. The standard InChI is InChI=1S/C12H14BrNO2.ClH/c13-10-5-2-1-4-9(10)8-14-7-3-6-11(14)12(15)16;/h1-2,4-5,11H,3,6-8H2,(H,15,16);1H. The van der Waals surface area contributed by atoms with Crippen molar-refractivity contribution in [2.75, 3.05) is 6.54 Å². The Kier molecular flexibility index (Phi) is 5.43. The van der Waals surface area contributed by atoms with Gasteiger partial charge < -0.3 is 5.11 Å². The van der Waals surface area contributed by atoms with E-state index in [0.29, 0.717) is 6.54 Å². The third-order valence-corrected chi connectivity index (χ3v) is 3.75. The highest BCUT2D eigenvalue weighted by molar-refractivity contribution is 9.10. The molecule has 1 aromatic carbocycles. The molecule has 2 rings (SSSR count). The first-order valence-electron chi connectivity index (χ1n) is 5.39. The van der Waals surface area contributed by atoms with E-state index in [9.17, 15) is 4.79 Å². The van der Waals surface area contributed by atoms with Crippen molar-refractivity contribution in [2.45, 2.75) is 25.4 Å². The van der Waals surface area contributed by atoms with Crippen LogP contribution in [-0.2, 0) is 11.3 Å². The first-order chi connectivity index (χ1) is 7.68. The summed E-state index contributed by atoms with van der Waals surface area (Å²) >= 11 is 3.49. The van der Waals surface area contributed by atoms with Crippen LogP contribution in [0.1, 0.15) is 18.4 Å². The zero-order valence-corrected chi connectivity index (χ0v) is 11.7. The highest BCUT2D eigenvalue weighted by Gasteiger charge is 2.30. The summed E-state index contributed by atoms with van der Waals surface area (Å²) in [5, 5.41) is 9.08. The Balaban J connectivity index is 0.00000144. The second-order valence-electron chi connectivity index (χ2n) is 4.06. The van der Waals surface area contributed by atoms with Crippen LogP contribution in [0.5, 0.6) is 0 Å². The molecule has 0 aliphatic carbocycles. The largest absolute Gasteiger partial charge is 0.480 e. The normalized spacial score (nSPS) is 19.9. The number of halogens is 2. The lowest BCUT2D eigenvalue weighted by Crippen LogP contribution is -2.35. The number of carboxylic acid groups (broad SMARTS) is 1. The molecule has 17 heavy (non-hydrogen) atoms. The minimum Gasteiger partial charge on any atom is -0.480 e. The van der Waals surface area contributed by atoms with Crippen molar-refractivity contribution in [3.8, 4) is 0 Å². The fourth-order valence-electron chi connectivity index (χ4n) is 2.14. The molecule has 1 saturated heterocycles. The van der Waals surface area contributed by atoms with Crippen LogP contribution in [-0.4, -0.2) is 28.6 Å². The first-order valence-corrected chi connectivity index (χ1v) is 6.18. The summed E-state index contributed by atoms with van der Waals surface area (Å²) in [4.78, 5) is 13.1. The third kappa shape index (κ3) is 3.44. The average Bonchev–Trinajstić information content (AvgIpc) is 2.69. The number of benzene rings is 1. The van der Waals surface area contributed by atoms with E-state index in [1.165, 1.54) is 0 Å². The quantitative estimate of drug-likeness (QED) is 0.931. The molecule has 1 aliphatic rings. The Morgan fingerprint density at radius 2 is 2.18 bits per heavy atom. The van der Waals surface area contributed by atoms with Gasteiger partial charge in [-0.1, -0.05) is 34.1 Å². The summed E-state index contributed by atoms with van der Waals surface area (Å²) in [5.74, 6) is -0.704. The lowest BCUT2D eigenvalue weighted by atomic mass is 10.2. The van der Waals surface area contributed by atoms with Crippen LogP contribution in [0, 0.1) is 0 Å². The van der Waals surface area contributed by atoms with Gasteiger partial charge in [0.1, 0.15) is 6.04 Å². The van der Waals surface area contributed by atoms with Crippen molar-refractivity contribution >= 4 is 34.3 Å². The fraction of sp³-hybridized carbons (Fsp3) is 0.417. The third-order valence-electron chi connectivity index (χ3n) is 2.98. The van der Waals surface area contributed by atoms with Crippen LogP contribution in [0.25, 0.3) is 0 Å². The van der Waals surface area contributed by atoms with Crippen molar-refractivity contribution in [1.82, 2.24) is 4.90 Å². The molecule has 0 bridgehead atoms. The maximum atomic E-state index is 11.0. The molecule has 3 nitrogen and oxygen atoms in total. The van der Waals surface area contributed by atoms with E-state index in [0.717, 1.165) is 29.4 Å². The Morgan fingerprint density at radius 3 is 2.82 bits per heavy atom. The molecular formula is C12H15BrClNO2. The Labute approximate surface area is 115 Å². The predicted octanol–water partition coefficient (Wildman–Crippen LogP) is 2.92. The zero-order valence-electron chi connectivity index (χ0n) is 9.30. The lowest BCUT2D eigenvalue weighted by Gasteiger charge is -2.21. The molecule has 1 aromatic rings. The predicted molar refractivity (Wildman–Crippen MR) is 72.5 cm³/mol. The Hall–Kier alpha value is -0.580. The van der Waals surface area contributed by atoms with Gasteiger partial charge in [0.05, 0.1) is 0 Å². The molecule has 94 valence electrons. The number of nitrogens with zero attached hydrogens (tertiary/aromatic N) is 1. The van der Waals surface area contributed by atoms with Crippen LogP contribution >= 0.6 is 28.3 Å². The highest BCUT2D eigenvalue weighted by atomic mass is 79.9. The topological polar surface area (TPSA) is 40.5 Å². The van der Waals surface area contributed by atoms with Crippen LogP contribution in [0.15, 0.2) is 28.7 Å². The van der Waals surface area contributed by atoms with Gasteiger partial charge >= 0.3 is 5.97 Å². The van der Waals surface area contributed by atoms with Gasteiger partial charge in [0.15, 0.2) is 0 Å². The van der Waals surface area contributed by atoms with Crippen LogP contribution in [0.3, 0.4) is 0 Å². The molecule has 1 unspecified atom stereocenters. The minimum absolute atomic E-state index is 0. The van der Waals surface area contributed by atoms with Gasteiger partial charge in [-0.05, 0) is 31.0 Å². The zero-order chi connectivity index (χ0) is 11.5. The number of likely N-dealkylation sites (tertiary alicyclic amines) is 1. The van der Waals surface area contributed by atoms with E-state index in [1.807, 2.05) is 29.2 Å². The smallest absolute Gasteiger partial charge is 0.320 e. The van der Waals surface area contributed by atoms with E-state index in [-0.39, 0.29) is 18.4 Å². The van der Waals surface area contributed by atoms with Crippen LogP contribution in [0.4, 0.5) is 0 Å². The molecule has 1 N–H and O–H groups in total. The molecule has 0 spiro atoms. The van der Waals surface area contributed by atoms with Gasteiger partial charge in [0.25, 0.3) is 0 Å². The number of hydrogen-bond acceptors (Lipinski definition) is 2. The SMILES string of the molecule is Cl.O=C(O)C1CCCN1Cc1ccccc1Br. The van der Waals surface area contributed by atoms with E-state index >= 15 is 0 Å². The summed E-state index contributed by atoms with van der Waals surface area (Å²) in [7, 11) is 0. The fourth-order valence-corrected chi connectivity index (χ4v) is 2.55. The molecule has 0 saturated carbocycles. The number of rotatable bonds is 3. The summed E-state index contributed by atoms with van der Waals surface area (Å²) in [6.07, 6.45) is 1.74. The molecule has 1 aliphatic heterocycles. The second kappa shape index (κ2) is 6.38. The average molecular weight is 321 g/mol. The number of aliphatic carboxylic acids is 1. The summed E-state index contributed by atoms with van der Waals surface area (Å²) in [6.45, 7) is 1.58. The molecule has 1 fully saturated rings. The van der Waals surface area contributed by atoms with Crippen LogP contribution < -0.4 is 0 Å². The van der Waals surface area contributed by atoms with Crippen molar-refractivity contribution < 1.29 is 9.90 Å². The summed E-state index contributed by atoms with van der Waals surface area (Å²) in [5.41, 5.74) is 1.15. The van der Waals surface area contributed by atoms with E-state index in [4.69, 9.17) is 5.11 Å². The van der Waals surface area contributed by atoms with Gasteiger partial charge in [-0.3, -0.25) is 9.69 Å². The lowest BCUT2D eigenvalue weighted by molar-refractivity contribution is -0.142. The molecule has 1 atom stereocenters. The van der Waals surface area contributed by atoms with E-state index in [1.54, 1.807) is 0 Å². The molecule has 0 amide bonds. The Morgan fingerprint density at radius 1 is 1.47 bits per heavy atom. The maximum absolute atomic E-state index is 11.0. The molecular weight excluding hydrogens is 305 g/mol.